The van der Waals surface area contributed by atoms with Gasteiger partial charge in [-0.3, -0.25) is 14.7 Å². The number of nitrogens with two attached hydrogens (primary N) is 2. The molecular formula is C17H20N8O2. The van der Waals surface area contributed by atoms with E-state index in [2.05, 4.69) is 30.8 Å². The predicted octanol–water partition coefficient (Wildman–Crippen LogP) is 1.12. The van der Waals surface area contributed by atoms with Crippen molar-refractivity contribution in [1.29, 1.82) is 0 Å². The maximum Gasteiger partial charge on any atom is 0.254 e. The molecule has 1 atom stereocenters. The Morgan fingerprint density at radius 2 is 1.96 bits per heavy atom. The Labute approximate surface area is 154 Å². The zero-order valence-corrected chi connectivity index (χ0v) is 14.9. The highest BCUT2D eigenvalue weighted by Crippen LogP contribution is 2.23. The third-order valence-electron chi connectivity index (χ3n) is 4.02. The summed E-state index contributed by atoms with van der Waals surface area (Å²) in [5.74, 6) is -0.900. The van der Waals surface area contributed by atoms with Gasteiger partial charge in [0.25, 0.3) is 5.91 Å². The Hall–Kier alpha value is -3.69. The Bertz CT molecular complexity index is 998. The standard InChI is InChI=1S/C17H20N8O2/c1-8(2)13(15(19)27)23-17-20-7-11(14(18)26)16(24-17)22-10-4-3-9-6-21-25-12(9)5-10/h3-8,13H,1-2H3,(H2,18,26)(H2,19,27)(H,21,25)(H2,20,22,23,24). The molecule has 0 radical (unpaired) electrons. The molecule has 0 saturated carbocycles. The lowest BCUT2D eigenvalue weighted by Crippen LogP contribution is -2.40. The number of benzene rings is 1. The zero-order valence-electron chi connectivity index (χ0n) is 14.9. The van der Waals surface area contributed by atoms with Crippen molar-refractivity contribution in [3.63, 3.8) is 0 Å². The van der Waals surface area contributed by atoms with E-state index in [4.69, 9.17) is 11.5 Å². The van der Waals surface area contributed by atoms with Gasteiger partial charge in [-0.2, -0.15) is 10.1 Å². The van der Waals surface area contributed by atoms with Crippen LogP contribution in [0.25, 0.3) is 10.9 Å². The van der Waals surface area contributed by atoms with Gasteiger partial charge >= 0.3 is 0 Å². The molecule has 10 nitrogen and oxygen atoms in total. The second kappa shape index (κ2) is 7.28. The average Bonchev–Trinajstić information content (AvgIpc) is 3.06. The first-order chi connectivity index (χ1) is 12.8. The van der Waals surface area contributed by atoms with Gasteiger partial charge in [0.2, 0.25) is 11.9 Å². The summed E-state index contributed by atoms with van der Waals surface area (Å²) in [4.78, 5) is 31.7. The van der Waals surface area contributed by atoms with Gasteiger partial charge in [-0.1, -0.05) is 13.8 Å². The molecule has 1 aromatic carbocycles. The van der Waals surface area contributed by atoms with Gasteiger partial charge in [0.1, 0.15) is 17.4 Å². The van der Waals surface area contributed by atoms with Gasteiger partial charge in [0, 0.05) is 17.3 Å². The number of aromatic nitrogens is 4. The second-order valence-corrected chi connectivity index (χ2v) is 6.39. The van der Waals surface area contributed by atoms with E-state index in [0.717, 1.165) is 10.9 Å². The monoisotopic (exact) mass is 368 g/mol. The highest BCUT2D eigenvalue weighted by molar-refractivity contribution is 5.98. The SMILES string of the molecule is CC(C)C(Nc1ncc(C(N)=O)c(Nc2ccc3cn[nH]c3c2)n1)C(N)=O. The third-order valence-corrected chi connectivity index (χ3v) is 4.02. The molecule has 3 aromatic rings. The van der Waals surface area contributed by atoms with Crippen molar-refractivity contribution >= 4 is 40.2 Å². The first kappa shape index (κ1) is 18.1. The summed E-state index contributed by atoms with van der Waals surface area (Å²) in [7, 11) is 0. The number of carbonyl (C=O) groups excluding carboxylic acids is 2. The fourth-order valence-electron chi connectivity index (χ4n) is 2.58. The van der Waals surface area contributed by atoms with E-state index in [1.165, 1.54) is 6.20 Å². The van der Waals surface area contributed by atoms with Crippen molar-refractivity contribution in [2.45, 2.75) is 19.9 Å². The predicted molar refractivity (Wildman–Crippen MR) is 101 cm³/mol. The molecule has 3 rings (SSSR count). The van der Waals surface area contributed by atoms with Gasteiger partial charge in [0.05, 0.1) is 11.7 Å². The number of H-pyrrole nitrogens is 1. The van der Waals surface area contributed by atoms with E-state index in [9.17, 15) is 9.59 Å². The number of aromatic amines is 1. The normalized spacial score (nSPS) is 12.1. The molecule has 10 heteroatoms. The molecule has 27 heavy (non-hydrogen) atoms. The number of hydrogen-bond acceptors (Lipinski definition) is 7. The molecule has 7 N–H and O–H groups in total. The Balaban J connectivity index is 1.93. The Morgan fingerprint density at radius 1 is 1.19 bits per heavy atom. The topological polar surface area (TPSA) is 165 Å². The van der Waals surface area contributed by atoms with E-state index in [1.54, 1.807) is 6.20 Å². The molecule has 0 aliphatic heterocycles. The summed E-state index contributed by atoms with van der Waals surface area (Å²) in [6, 6.07) is 4.85. The minimum absolute atomic E-state index is 0.0684. The Morgan fingerprint density at radius 3 is 2.63 bits per heavy atom. The smallest absolute Gasteiger partial charge is 0.254 e. The van der Waals surface area contributed by atoms with Crippen LogP contribution in [0.2, 0.25) is 0 Å². The Kier molecular flexibility index (Phi) is 4.88. The van der Waals surface area contributed by atoms with Crippen molar-refractivity contribution in [1.82, 2.24) is 20.2 Å². The number of amides is 2. The van der Waals surface area contributed by atoms with Crippen LogP contribution in [0.1, 0.15) is 24.2 Å². The first-order valence-electron chi connectivity index (χ1n) is 8.28. The quantitative estimate of drug-likeness (QED) is 0.417. The van der Waals surface area contributed by atoms with E-state index in [0.29, 0.717) is 5.69 Å². The highest BCUT2D eigenvalue weighted by Gasteiger charge is 2.21. The van der Waals surface area contributed by atoms with E-state index in [-0.39, 0.29) is 23.2 Å². The summed E-state index contributed by atoms with van der Waals surface area (Å²) in [5, 5.41) is 13.7. The van der Waals surface area contributed by atoms with Crippen LogP contribution < -0.4 is 22.1 Å². The van der Waals surface area contributed by atoms with Crippen LogP contribution in [0.5, 0.6) is 0 Å². The fourth-order valence-corrected chi connectivity index (χ4v) is 2.58. The molecule has 2 heterocycles. The van der Waals surface area contributed by atoms with Crippen LogP contribution in [0.3, 0.4) is 0 Å². The highest BCUT2D eigenvalue weighted by atomic mass is 16.1. The molecule has 0 aliphatic rings. The second-order valence-electron chi connectivity index (χ2n) is 6.39. The summed E-state index contributed by atoms with van der Waals surface area (Å²) in [5.41, 5.74) is 12.4. The lowest BCUT2D eigenvalue weighted by Gasteiger charge is -2.19. The molecule has 2 aromatic heterocycles. The minimum Gasteiger partial charge on any atom is -0.368 e. The number of primary amides is 2. The van der Waals surface area contributed by atoms with Crippen LogP contribution in [-0.2, 0) is 4.79 Å². The molecule has 0 bridgehead atoms. The minimum atomic E-state index is -0.679. The van der Waals surface area contributed by atoms with Crippen molar-refractivity contribution < 1.29 is 9.59 Å². The van der Waals surface area contributed by atoms with Crippen molar-refractivity contribution in [3.8, 4) is 0 Å². The summed E-state index contributed by atoms with van der Waals surface area (Å²) in [6.45, 7) is 3.69. The van der Waals surface area contributed by atoms with Crippen LogP contribution in [0.15, 0.2) is 30.6 Å². The van der Waals surface area contributed by atoms with Crippen molar-refractivity contribution in [3.05, 3.63) is 36.2 Å². The summed E-state index contributed by atoms with van der Waals surface area (Å²) < 4.78 is 0. The fraction of sp³-hybridized carbons (Fsp3) is 0.235. The van der Waals surface area contributed by atoms with Gasteiger partial charge in [-0.15, -0.1) is 0 Å². The molecule has 0 aliphatic carbocycles. The van der Waals surface area contributed by atoms with Crippen molar-refractivity contribution in [2.24, 2.45) is 17.4 Å². The number of hydrogen-bond donors (Lipinski definition) is 5. The van der Waals surface area contributed by atoms with Crippen LogP contribution in [-0.4, -0.2) is 38.0 Å². The van der Waals surface area contributed by atoms with Crippen LogP contribution in [0, 0.1) is 5.92 Å². The van der Waals surface area contributed by atoms with Crippen molar-refractivity contribution in [2.75, 3.05) is 10.6 Å². The number of fused-ring (bicyclic) bond motifs is 1. The van der Waals surface area contributed by atoms with E-state index in [1.807, 2.05) is 32.0 Å². The summed E-state index contributed by atoms with van der Waals surface area (Å²) in [6.07, 6.45) is 3.00. The number of rotatable bonds is 7. The van der Waals surface area contributed by atoms with E-state index < -0.39 is 17.9 Å². The number of carbonyl (C=O) groups is 2. The molecular weight excluding hydrogens is 348 g/mol. The lowest BCUT2D eigenvalue weighted by atomic mass is 10.0. The van der Waals surface area contributed by atoms with Gasteiger partial charge < -0.3 is 22.1 Å². The third kappa shape index (κ3) is 3.94. The maximum absolute atomic E-state index is 11.7. The molecule has 1 unspecified atom stereocenters. The lowest BCUT2D eigenvalue weighted by molar-refractivity contribution is -0.119. The first-order valence-corrected chi connectivity index (χ1v) is 8.28. The molecule has 140 valence electrons. The molecule has 0 saturated heterocycles. The van der Waals surface area contributed by atoms with Gasteiger partial charge in [0.15, 0.2) is 0 Å². The zero-order chi connectivity index (χ0) is 19.6. The summed E-state index contributed by atoms with van der Waals surface area (Å²) >= 11 is 0. The molecule has 2 amide bonds. The van der Waals surface area contributed by atoms with Crippen LogP contribution >= 0.6 is 0 Å². The largest absolute Gasteiger partial charge is 0.368 e. The number of anilines is 3. The molecule has 0 fully saturated rings. The van der Waals surface area contributed by atoms with E-state index >= 15 is 0 Å². The number of nitrogens with one attached hydrogen (secondary N) is 3. The van der Waals surface area contributed by atoms with Crippen LogP contribution in [0.4, 0.5) is 17.5 Å². The van der Waals surface area contributed by atoms with Gasteiger partial charge in [-0.05, 0) is 24.1 Å². The van der Waals surface area contributed by atoms with Gasteiger partial charge in [-0.25, -0.2) is 4.98 Å². The molecule has 0 spiro atoms. The maximum atomic E-state index is 11.7. The number of nitrogens with zero attached hydrogens (tertiary/aromatic N) is 3. The average molecular weight is 368 g/mol.